The Labute approximate surface area is 103 Å². The number of nitrogens with two attached hydrogens (primary N) is 1. The Morgan fingerprint density at radius 2 is 1.82 bits per heavy atom. The summed E-state index contributed by atoms with van der Waals surface area (Å²) in [5.41, 5.74) is 7.05. The molecule has 0 bridgehead atoms. The second kappa shape index (κ2) is 4.63. The van der Waals surface area contributed by atoms with Gasteiger partial charge in [0.2, 0.25) is 0 Å². The van der Waals surface area contributed by atoms with Gasteiger partial charge in [0.05, 0.1) is 0 Å². The number of nitrogen functional groups attached to an aromatic ring is 1. The lowest BCUT2D eigenvalue weighted by Crippen LogP contribution is -2.12. The number of hydrogen-bond donors (Lipinski definition) is 1. The summed E-state index contributed by atoms with van der Waals surface area (Å²) in [6, 6.07) is 1.97. The maximum absolute atomic E-state index is 5.88. The van der Waals surface area contributed by atoms with E-state index in [4.69, 9.17) is 10.7 Å². The fourth-order valence-corrected chi connectivity index (χ4v) is 2.86. The predicted octanol–water partition coefficient (Wildman–Crippen LogP) is 3.06. The number of aromatic nitrogens is 2. The average Bonchev–Trinajstić information content (AvgIpc) is 3.13. The van der Waals surface area contributed by atoms with Crippen LogP contribution in [-0.4, -0.2) is 9.97 Å². The van der Waals surface area contributed by atoms with E-state index < -0.39 is 0 Å². The minimum atomic E-state index is 0.601. The average molecular weight is 231 g/mol. The van der Waals surface area contributed by atoms with Gasteiger partial charge in [0.1, 0.15) is 11.6 Å². The molecule has 0 spiro atoms. The van der Waals surface area contributed by atoms with Crippen molar-refractivity contribution in [3.8, 4) is 0 Å². The van der Waals surface area contributed by atoms with E-state index in [0.29, 0.717) is 11.7 Å². The van der Waals surface area contributed by atoms with Crippen molar-refractivity contribution in [2.45, 2.75) is 57.3 Å². The molecule has 0 atom stereocenters. The molecule has 2 N–H and O–H groups in total. The summed E-state index contributed by atoms with van der Waals surface area (Å²) in [6.07, 6.45) is 10.5. The Hall–Kier alpha value is -1.12. The normalized spacial score (nSPS) is 21.6. The van der Waals surface area contributed by atoms with Gasteiger partial charge >= 0.3 is 0 Å². The number of rotatable bonds is 3. The van der Waals surface area contributed by atoms with Crippen LogP contribution in [0.25, 0.3) is 0 Å². The summed E-state index contributed by atoms with van der Waals surface area (Å²) in [7, 11) is 0. The van der Waals surface area contributed by atoms with Crippen LogP contribution in [0.2, 0.25) is 0 Å². The zero-order chi connectivity index (χ0) is 11.7. The van der Waals surface area contributed by atoms with E-state index >= 15 is 0 Å². The van der Waals surface area contributed by atoms with E-state index in [0.717, 1.165) is 18.2 Å². The third-order valence-electron chi connectivity index (χ3n) is 3.98. The molecule has 2 aliphatic carbocycles. The fraction of sp³-hybridized carbons (Fsp3) is 0.714. The summed E-state index contributed by atoms with van der Waals surface area (Å²) in [4.78, 5) is 9.05. The number of anilines is 1. The van der Waals surface area contributed by atoms with E-state index in [9.17, 15) is 0 Å². The van der Waals surface area contributed by atoms with Crippen molar-refractivity contribution in [2.75, 3.05) is 5.73 Å². The first-order chi connectivity index (χ1) is 8.31. The summed E-state index contributed by atoms with van der Waals surface area (Å²) in [5.74, 6) is 3.08. The monoisotopic (exact) mass is 231 g/mol. The van der Waals surface area contributed by atoms with Gasteiger partial charge in [-0.05, 0) is 25.2 Å². The van der Waals surface area contributed by atoms with Gasteiger partial charge < -0.3 is 5.73 Å². The summed E-state index contributed by atoms with van der Waals surface area (Å²) in [5, 5.41) is 0. The molecule has 3 heteroatoms. The molecular weight excluding hydrogens is 210 g/mol. The molecule has 0 aromatic carbocycles. The molecule has 0 saturated heterocycles. The van der Waals surface area contributed by atoms with Gasteiger partial charge in [-0.15, -0.1) is 0 Å². The lowest BCUT2D eigenvalue weighted by Gasteiger charge is -2.21. The molecule has 2 fully saturated rings. The van der Waals surface area contributed by atoms with Crippen molar-refractivity contribution >= 4 is 5.82 Å². The molecule has 0 radical (unpaired) electrons. The molecule has 1 aromatic rings. The third-order valence-corrected chi connectivity index (χ3v) is 3.98. The first kappa shape index (κ1) is 11.0. The summed E-state index contributed by atoms with van der Waals surface area (Å²) < 4.78 is 0. The zero-order valence-electron chi connectivity index (χ0n) is 10.4. The van der Waals surface area contributed by atoms with Crippen molar-refractivity contribution in [1.29, 1.82) is 0 Å². The Morgan fingerprint density at radius 1 is 1.06 bits per heavy atom. The molecule has 3 rings (SSSR count). The molecule has 0 amide bonds. The first-order valence-corrected chi connectivity index (χ1v) is 6.94. The highest BCUT2D eigenvalue weighted by Crippen LogP contribution is 2.38. The second-order valence-electron chi connectivity index (χ2n) is 5.62. The standard InChI is InChI=1S/C14H21N3/c15-13-9-12(8-10-4-2-1-3-5-10)16-14(17-13)11-6-7-11/h9-11H,1-8H2,(H2,15,16,17). The van der Waals surface area contributed by atoms with Gasteiger partial charge in [-0.25, -0.2) is 9.97 Å². The molecule has 3 nitrogen and oxygen atoms in total. The van der Waals surface area contributed by atoms with E-state index in [-0.39, 0.29) is 0 Å². The molecule has 92 valence electrons. The molecular formula is C14H21N3. The highest BCUT2D eigenvalue weighted by Gasteiger charge is 2.27. The highest BCUT2D eigenvalue weighted by atomic mass is 15.0. The van der Waals surface area contributed by atoms with Crippen LogP contribution in [0.15, 0.2) is 6.07 Å². The van der Waals surface area contributed by atoms with Gasteiger partial charge in [-0.2, -0.15) is 0 Å². The molecule has 0 unspecified atom stereocenters. The Bertz CT molecular complexity index is 392. The van der Waals surface area contributed by atoms with Crippen molar-refractivity contribution < 1.29 is 0 Å². The number of hydrogen-bond acceptors (Lipinski definition) is 3. The van der Waals surface area contributed by atoms with Crippen LogP contribution >= 0.6 is 0 Å². The molecule has 17 heavy (non-hydrogen) atoms. The van der Waals surface area contributed by atoms with Gasteiger partial charge in [0, 0.05) is 17.7 Å². The molecule has 2 aliphatic rings. The predicted molar refractivity (Wildman–Crippen MR) is 68.7 cm³/mol. The van der Waals surface area contributed by atoms with E-state index in [2.05, 4.69) is 4.98 Å². The van der Waals surface area contributed by atoms with E-state index in [1.807, 2.05) is 6.07 Å². The Kier molecular flexibility index (Phi) is 3.00. The van der Waals surface area contributed by atoms with Gasteiger partial charge in [-0.3, -0.25) is 0 Å². The summed E-state index contributed by atoms with van der Waals surface area (Å²) in [6.45, 7) is 0. The minimum absolute atomic E-state index is 0.601. The fourth-order valence-electron chi connectivity index (χ4n) is 2.86. The minimum Gasteiger partial charge on any atom is -0.384 e. The van der Waals surface area contributed by atoms with Gasteiger partial charge in [-0.1, -0.05) is 32.1 Å². The van der Waals surface area contributed by atoms with Crippen LogP contribution < -0.4 is 5.73 Å². The van der Waals surface area contributed by atoms with Crippen molar-refractivity contribution in [2.24, 2.45) is 5.92 Å². The lowest BCUT2D eigenvalue weighted by molar-refractivity contribution is 0.354. The second-order valence-corrected chi connectivity index (χ2v) is 5.62. The quantitative estimate of drug-likeness (QED) is 0.869. The highest BCUT2D eigenvalue weighted by molar-refractivity contribution is 5.31. The van der Waals surface area contributed by atoms with E-state index in [1.165, 1.54) is 50.6 Å². The van der Waals surface area contributed by atoms with Crippen molar-refractivity contribution in [1.82, 2.24) is 9.97 Å². The van der Waals surface area contributed by atoms with Crippen LogP contribution in [-0.2, 0) is 6.42 Å². The maximum atomic E-state index is 5.88. The van der Waals surface area contributed by atoms with Crippen LogP contribution in [0.3, 0.4) is 0 Å². The molecule has 1 aromatic heterocycles. The maximum Gasteiger partial charge on any atom is 0.134 e. The van der Waals surface area contributed by atoms with Crippen LogP contribution in [0, 0.1) is 5.92 Å². The van der Waals surface area contributed by atoms with Gasteiger partial charge in [0.25, 0.3) is 0 Å². The molecule has 0 aliphatic heterocycles. The third kappa shape index (κ3) is 2.76. The lowest BCUT2D eigenvalue weighted by atomic mass is 9.86. The Morgan fingerprint density at radius 3 is 2.53 bits per heavy atom. The van der Waals surface area contributed by atoms with E-state index in [1.54, 1.807) is 0 Å². The SMILES string of the molecule is Nc1cc(CC2CCCCC2)nc(C2CC2)n1. The Balaban J connectivity index is 1.72. The van der Waals surface area contributed by atoms with Crippen molar-refractivity contribution in [3.05, 3.63) is 17.6 Å². The molecule has 2 saturated carbocycles. The largest absolute Gasteiger partial charge is 0.384 e. The topological polar surface area (TPSA) is 51.8 Å². The first-order valence-electron chi connectivity index (χ1n) is 6.94. The smallest absolute Gasteiger partial charge is 0.134 e. The van der Waals surface area contributed by atoms with Crippen LogP contribution in [0.5, 0.6) is 0 Å². The molecule has 1 heterocycles. The summed E-state index contributed by atoms with van der Waals surface area (Å²) >= 11 is 0. The van der Waals surface area contributed by atoms with Gasteiger partial charge in [0.15, 0.2) is 0 Å². The van der Waals surface area contributed by atoms with Crippen molar-refractivity contribution in [3.63, 3.8) is 0 Å². The zero-order valence-corrected chi connectivity index (χ0v) is 10.4. The van der Waals surface area contributed by atoms with Crippen LogP contribution in [0.1, 0.15) is 62.4 Å². The van der Waals surface area contributed by atoms with Crippen LogP contribution in [0.4, 0.5) is 5.82 Å². The number of nitrogens with zero attached hydrogens (tertiary/aromatic N) is 2.